The SMILES string of the molecule is CC(C(Cc1ccccc1)C(=O)O)[P+](=O)O. The first kappa shape index (κ1) is 12.8. The summed E-state index contributed by atoms with van der Waals surface area (Å²) in [6, 6.07) is 9.10. The molecule has 5 heteroatoms. The number of benzene rings is 1. The largest absolute Gasteiger partial charge is 0.509 e. The van der Waals surface area contributed by atoms with Crippen molar-refractivity contribution < 1.29 is 19.4 Å². The van der Waals surface area contributed by atoms with Gasteiger partial charge in [-0.1, -0.05) is 30.3 Å². The highest BCUT2D eigenvalue weighted by Gasteiger charge is 2.37. The van der Waals surface area contributed by atoms with Crippen molar-refractivity contribution in [1.82, 2.24) is 0 Å². The van der Waals surface area contributed by atoms with Gasteiger partial charge in [-0.15, -0.1) is 0 Å². The minimum Gasteiger partial charge on any atom is -0.481 e. The molecule has 0 saturated heterocycles. The van der Waals surface area contributed by atoms with Crippen LogP contribution in [-0.2, 0) is 15.8 Å². The predicted molar refractivity (Wildman–Crippen MR) is 60.6 cm³/mol. The van der Waals surface area contributed by atoms with E-state index in [0.717, 1.165) is 5.56 Å². The van der Waals surface area contributed by atoms with E-state index in [1.807, 2.05) is 30.3 Å². The highest BCUT2D eigenvalue weighted by atomic mass is 31.1. The number of hydrogen-bond donors (Lipinski definition) is 2. The van der Waals surface area contributed by atoms with Crippen LogP contribution >= 0.6 is 8.03 Å². The van der Waals surface area contributed by atoms with Crippen LogP contribution in [0.2, 0.25) is 0 Å². The minimum atomic E-state index is -2.46. The molecule has 0 fully saturated rings. The van der Waals surface area contributed by atoms with Crippen molar-refractivity contribution in [3.8, 4) is 0 Å². The van der Waals surface area contributed by atoms with Gasteiger partial charge in [0.25, 0.3) is 0 Å². The highest BCUT2D eigenvalue weighted by Crippen LogP contribution is 2.30. The number of rotatable bonds is 5. The topological polar surface area (TPSA) is 74.6 Å². The van der Waals surface area contributed by atoms with Gasteiger partial charge >= 0.3 is 14.0 Å². The van der Waals surface area contributed by atoms with E-state index < -0.39 is 25.6 Å². The van der Waals surface area contributed by atoms with E-state index in [1.54, 1.807) is 0 Å². The van der Waals surface area contributed by atoms with Crippen LogP contribution in [-0.4, -0.2) is 21.6 Å². The Morgan fingerprint density at radius 1 is 1.38 bits per heavy atom. The predicted octanol–water partition coefficient (Wildman–Crippen LogP) is 2.05. The summed E-state index contributed by atoms with van der Waals surface area (Å²) in [5.41, 5.74) is 0.117. The average molecular weight is 241 g/mol. The summed E-state index contributed by atoms with van der Waals surface area (Å²) in [6.45, 7) is 1.49. The molecule has 0 spiro atoms. The molecule has 0 aromatic heterocycles. The normalized spacial score (nSPS) is 15.2. The Hall–Kier alpha value is -1.25. The van der Waals surface area contributed by atoms with E-state index in [0.29, 0.717) is 0 Å². The van der Waals surface area contributed by atoms with E-state index in [9.17, 15) is 9.36 Å². The molecule has 0 aliphatic heterocycles. The van der Waals surface area contributed by atoms with Crippen LogP contribution in [0.1, 0.15) is 12.5 Å². The third-order valence-electron chi connectivity index (χ3n) is 2.55. The Balaban J connectivity index is 2.81. The zero-order valence-electron chi connectivity index (χ0n) is 8.91. The summed E-state index contributed by atoms with van der Waals surface area (Å²) in [6.07, 6.45) is 0.277. The van der Waals surface area contributed by atoms with Crippen molar-refractivity contribution >= 4 is 14.0 Å². The summed E-state index contributed by atoms with van der Waals surface area (Å²) in [5.74, 6) is -1.86. The first-order valence-electron chi connectivity index (χ1n) is 4.94. The van der Waals surface area contributed by atoms with Crippen LogP contribution in [0.5, 0.6) is 0 Å². The third-order valence-corrected chi connectivity index (χ3v) is 3.60. The maximum Gasteiger partial charge on any atom is 0.509 e. The molecular formula is C11H14O4P+. The lowest BCUT2D eigenvalue weighted by Gasteiger charge is -2.11. The molecular weight excluding hydrogens is 227 g/mol. The zero-order chi connectivity index (χ0) is 12.1. The van der Waals surface area contributed by atoms with E-state index in [-0.39, 0.29) is 6.42 Å². The number of carbonyl (C=O) groups is 1. The first-order valence-corrected chi connectivity index (χ1v) is 6.22. The number of carboxylic acid groups (broad SMARTS) is 1. The molecule has 0 bridgehead atoms. The summed E-state index contributed by atoms with van der Waals surface area (Å²) in [4.78, 5) is 20.0. The number of hydrogen-bond acceptors (Lipinski definition) is 2. The van der Waals surface area contributed by atoms with E-state index in [2.05, 4.69) is 0 Å². The summed E-state index contributed by atoms with van der Waals surface area (Å²) >= 11 is 0. The van der Waals surface area contributed by atoms with Crippen LogP contribution in [0.15, 0.2) is 30.3 Å². The molecule has 0 heterocycles. The second kappa shape index (κ2) is 5.73. The van der Waals surface area contributed by atoms with Crippen LogP contribution in [0.4, 0.5) is 0 Å². The molecule has 0 amide bonds. The van der Waals surface area contributed by atoms with Gasteiger partial charge < -0.3 is 5.11 Å². The molecule has 1 rings (SSSR count). The van der Waals surface area contributed by atoms with Crippen molar-refractivity contribution in [2.75, 3.05) is 0 Å². The van der Waals surface area contributed by atoms with Crippen LogP contribution in [0.3, 0.4) is 0 Å². The van der Waals surface area contributed by atoms with Gasteiger partial charge in [0.15, 0.2) is 5.66 Å². The maximum absolute atomic E-state index is 11.0. The van der Waals surface area contributed by atoms with Gasteiger partial charge in [0.05, 0.1) is 0 Å². The summed E-state index contributed by atoms with van der Waals surface area (Å²) in [5, 5.41) is 9.01. The van der Waals surface area contributed by atoms with Crippen molar-refractivity contribution in [3.05, 3.63) is 35.9 Å². The summed E-state index contributed by atoms with van der Waals surface area (Å²) < 4.78 is 10.9. The summed E-state index contributed by atoms with van der Waals surface area (Å²) in [7, 11) is -2.46. The Morgan fingerprint density at radius 2 is 1.94 bits per heavy atom. The van der Waals surface area contributed by atoms with E-state index in [4.69, 9.17) is 10.00 Å². The quantitative estimate of drug-likeness (QED) is 0.773. The first-order chi connectivity index (χ1) is 7.52. The molecule has 4 nitrogen and oxygen atoms in total. The fourth-order valence-electron chi connectivity index (χ4n) is 1.49. The standard InChI is InChI=1S/C11H13O4P/c1-8(16(14)15)10(11(12)13)7-9-5-3-2-4-6-9/h2-6,8,10H,7H2,1H3,(H-,12,13,14,15)/p+1. The van der Waals surface area contributed by atoms with Gasteiger partial charge in [-0.25, -0.2) is 0 Å². The fraction of sp³-hybridized carbons (Fsp3) is 0.364. The van der Waals surface area contributed by atoms with Gasteiger partial charge in [0.1, 0.15) is 5.92 Å². The number of aliphatic carboxylic acids is 1. The average Bonchev–Trinajstić information content (AvgIpc) is 2.26. The van der Waals surface area contributed by atoms with Crippen LogP contribution in [0, 0.1) is 5.92 Å². The van der Waals surface area contributed by atoms with Gasteiger partial charge in [-0.3, -0.25) is 4.79 Å². The van der Waals surface area contributed by atoms with Crippen molar-refractivity contribution in [1.29, 1.82) is 0 Å². The van der Waals surface area contributed by atoms with Gasteiger partial charge in [0, 0.05) is 0 Å². The van der Waals surface area contributed by atoms with Crippen LogP contribution < -0.4 is 0 Å². The van der Waals surface area contributed by atoms with Crippen molar-refractivity contribution in [2.45, 2.75) is 19.0 Å². The molecule has 1 aromatic carbocycles. The molecule has 0 saturated carbocycles. The Bertz CT molecular complexity index is 377. The molecule has 86 valence electrons. The Kier molecular flexibility index (Phi) is 4.59. The molecule has 1 aromatic rings. The molecule has 16 heavy (non-hydrogen) atoms. The van der Waals surface area contributed by atoms with Crippen molar-refractivity contribution in [2.24, 2.45) is 5.92 Å². The minimum absolute atomic E-state index is 0.277. The third kappa shape index (κ3) is 3.40. The smallest absolute Gasteiger partial charge is 0.481 e. The van der Waals surface area contributed by atoms with Crippen LogP contribution in [0.25, 0.3) is 0 Å². The fourth-order valence-corrected chi connectivity index (χ4v) is 2.03. The van der Waals surface area contributed by atoms with Gasteiger partial charge in [-0.2, -0.15) is 4.89 Å². The number of carboxylic acids is 1. The Labute approximate surface area is 94.8 Å². The molecule has 0 aliphatic carbocycles. The molecule has 0 aliphatic rings. The molecule has 3 atom stereocenters. The molecule has 3 unspecified atom stereocenters. The van der Waals surface area contributed by atoms with E-state index >= 15 is 0 Å². The zero-order valence-corrected chi connectivity index (χ0v) is 9.80. The van der Waals surface area contributed by atoms with E-state index in [1.165, 1.54) is 6.92 Å². The lowest BCUT2D eigenvalue weighted by Crippen LogP contribution is -2.25. The second-order valence-corrected chi connectivity index (χ2v) is 5.10. The van der Waals surface area contributed by atoms with Gasteiger partial charge in [-0.05, 0) is 23.5 Å². The molecule has 2 N–H and O–H groups in total. The lowest BCUT2D eigenvalue weighted by molar-refractivity contribution is -0.141. The highest BCUT2D eigenvalue weighted by molar-refractivity contribution is 7.38. The maximum atomic E-state index is 11.0. The van der Waals surface area contributed by atoms with Crippen molar-refractivity contribution in [3.63, 3.8) is 0 Å². The lowest BCUT2D eigenvalue weighted by atomic mass is 9.97. The monoisotopic (exact) mass is 241 g/mol. The molecule has 0 radical (unpaired) electrons. The van der Waals surface area contributed by atoms with Gasteiger partial charge in [0.2, 0.25) is 0 Å². The second-order valence-electron chi connectivity index (χ2n) is 3.68. The Morgan fingerprint density at radius 3 is 2.38 bits per heavy atom.